The van der Waals surface area contributed by atoms with Crippen molar-refractivity contribution in [2.45, 2.75) is 32.4 Å². The van der Waals surface area contributed by atoms with Crippen LogP contribution < -0.4 is 5.32 Å². The number of terminal acetylenes is 1. The van der Waals surface area contributed by atoms with Gasteiger partial charge < -0.3 is 0 Å². The van der Waals surface area contributed by atoms with Crippen LogP contribution in [-0.4, -0.2) is 11.0 Å². The SMILES string of the molecule is C#CC(CC)NC(C)c1cncs1. The van der Waals surface area contributed by atoms with Gasteiger partial charge in [-0.1, -0.05) is 12.8 Å². The van der Waals surface area contributed by atoms with Crippen molar-refractivity contribution in [3.05, 3.63) is 16.6 Å². The average Bonchev–Trinajstić information content (AvgIpc) is 2.66. The molecular weight excluding hydrogens is 180 g/mol. The van der Waals surface area contributed by atoms with E-state index in [4.69, 9.17) is 6.42 Å². The highest BCUT2D eigenvalue weighted by molar-refractivity contribution is 7.09. The van der Waals surface area contributed by atoms with Crippen LogP contribution in [0.25, 0.3) is 0 Å². The third-order valence-electron chi connectivity index (χ3n) is 1.94. The van der Waals surface area contributed by atoms with E-state index in [-0.39, 0.29) is 6.04 Å². The lowest BCUT2D eigenvalue weighted by Gasteiger charge is -2.16. The molecule has 0 aliphatic heterocycles. The molecule has 3 heteroatoms. The summed E-state index contributed by atoms with van der Waals surface area (Å²) in [6.07, 6.45) is 8.20. The van der Waals surface area contributed by atoms with Crippen LogP contribution in [0.5, 0.6) is 0 Å². The molecule has 1 rings (SSSR count). The minimum Gasteiger partial charge on any atom is -0.296 e. The van der Waals surface area contributed by atoms with Crippen LogP contribution in [0.4, 0.5) is 0 Å². The summed E-state index contributed by atoms with van der Waals surface area (Å²) < 4.78 is 0. The van der Waals surface area contributed by atoms with Gasteiger partial charge in [-0.2, -0.15) is 0 Å². The van der Waals surface area contributed by atoms with Crippen molar-refractivity contribution in [3.63, 3.8) is 0 Å². The van der Waals surface area contributed by atoms with E-state index in [0.29, 0.717) is 6.04 Å². The van der Waals surface area contributed by atoms with Crippen LogP contribution in [0.2, 0.25) is 0 Å². The number of nitrogens with one attached hydrogen (secondary N) is 1. The molecule has 0 saturated carbocycles. The molecule has 2 unspecified atom stereocenters. The molecule has 70 valence electrons. The maximum atomic E-state index is 5.36. The Kier molecular flexibility index (Phi) is 3.94. The molecule has 0 fully saturated rings. The van der Waals surface area contributed by atoms with Crippen LogP contribution >= 0.6 is 11.3 Å². The Bertz CT molecular complexity index is 274. The second-order valence-electron chi connectivity index (χ2n) is 2.92. The third kappa shape index (κ3) is 2.83. The van der Waals surface area contributed by atoms with Gasteiger partial charge in [-0.3, -0.25) is 10.3 Å². The van der Waals surface area contributed by atoms with Crippen molar-refractivity contribution in [2.75, 3.05) is 0 Å². The standard InChI is InChI=1S/C10H14N2S/c1-4-9(5-2)12-8(3)10-6-11-7-13-10/h1,6-9,12H,5H2,2-3H3. The normalized spacial score (nSPS) is 14.8. The van der Waals surface area contributed by atoms with Crippen LogP contribution in [0, 0.1) is 12.3 Å². The first-order chi connectivity index (χ1) is 6.27. The first kappa shape index (κ1) is 10.2. The molecule has 0 aromatic carbocycles. The minimum absolute atomic E-state index is 0.164. The molecule has 0 spiro atoms. The number of hydrogen-bond donors (Lipinski definition) is 1. The number of rotatable bonds is 4. The monoisotopic (exact) mass is 194 g/mol. The van der Waals surface area contributed by atoms with Crippen molar-refractivity contribution in [1.82, 2.24) is 10.3 Å². The van der Waals surface area contributed by atoms with Crippen molar-refractivity contribution < 1.29 is 0 Å². The van der Waals surface area contributed by atoms with Crippen molar-refractivity contribution in [2.24, 2.45) is 0 Å². The minimum atomic E-state index is 0.164. The first-order valence-corrected chi connectivity index (χ1v) is 5.26. The predicted molar refractivity (Wildman–Crippen MR) is 56.6 cm³/mol. The van der Waals surface area contributed by atoms with E-state index < -0.39 is 0 Å². The topological polar surface area (TPSA) is 24.9 Å². The number of hydrogen-bond acceptors (Lipinski definition) is 3. The summed E-state index contributed by atoms with van der Waals surface area (Å²) >= 11 is 1.65. The van der Waals surface area contributed by atoms with Crippen LogP contribution in [0.1, 0.15) is 31.2 Å². The first-order valence-electron chi connectivity index (χ1n) is 4.38. The maximum Gasteiger partial charge on any atom is 0.0794 e. The fourth-order valence-electron chi connectivity index (χ4n) is 1.11. The summed E-state index contributed by atoms with van der Waals surface area (Å²) in [6, 6.07) is 0.464. The molecule has 0 radical (unpaired) electrons. The smallest absolute Gasteiger partial charge is 0.0794 e. The van der Waals surface area contributed by atoms with E-state index in [1.54, 1.807) is 11.3 Å². The van der Waals surface area contributed by atoms with Gasteiger partial charge in [0.05, 0.1) is 11.6 Å². The molecule has 1 heterocycles. The zero-order valence-corrected chi connectivity index (χ0v) is 8.77. The highest BCUT2D eigenvalue weighted by atomic mass is 32.1. The Morgan fingerprint density at radius 3 is 3.00 bits per heavy atom. The molecule has 0 amide bonds. The molecule has 1 N–H and O–H groups in total. The van der Waals surface area contributed by atoms with Gasteiger partial charge in [-0.05, 0) is 13.3 Å². The summed E-state index contributed by atoms with van der Waals surface area (Å²) in [5.41, 5.74) is 1.84. The van der Waals surface area contributed by atoms with Gasteiger partial charge in [0.15, 0.2) is 0 Å². The zero-order valence-electron chi connectivity index (χ0n) is 7.95. The summed E-state index contributed by atoms with van der Waals surface area (Å²) in [5, 5.41) is 3.35. The molecule has 2 nitrogen and oxygen atoms in total. The van der Waals surface area contributed by atoms with Crippen LogP contribution in [-0.2, 0) is 0 Å². The Morgan fingerprint density at radius 1 is 1.77 bits per heavy atom. The van der Waals surface area contributed by atoms with Gasteiger partial charge in [0, 0.05) is 17.1 Å². The highest BCUT2D eigenvalue weighted by Crippen LogP contribution is 2.16. The summed E-state index contributed by atoms with van der Waals surface area (Å²) in [5.74, 6) is 2.72. The Hall–Kier alpha value is -0.850. The van der Waals surface area contributed by atoms with Crippen molar-refractivity contribution in [3.8, 4) is 12.3 Å². The highest BCUT2D eigenvalue weighted by Gasteiger charge is 2.10. The maximum absolute atomic E-state index is 5.36. The summed E-state index contributed by atoms with van der Waals surface area (Å²) in [4.78, 5) is 5.26. The van der Waals surface area contributed by atoms with E-state index in [9.17, 15) is 0 Å². The molecule has 1 aromatic rings. The molecule has 0 saturated heterocycles. The second-order valence-corrected chi connectivity index (χ2v) is 3.84. The fraction of sp³-hybridized carbons (Fsp3) is 0.500. The van der Waals surface area contributed by atoms with E-state index >= 15 is 0 Å². The van der Waals surface area contributed by atoms with E-state index in [0.717, 1.165) is 6.42 Å². The molecule has 13 heavy (non-hydrogen) atoms. The van der Waals surface area contributed by atoms with Gasteiger partial charge >= 0.3 is 0 Å². The lowest BCUT2D eigenvalue weighted by atomic mass is 10.2. The summed E-state index contributed by atoms with van der Waals surface area (Å²) in [6.45, 7) is 4.18. The van der Waals surface area contributed by atoms with Crippen molar-refractivity contribution >= 4 is 11.3 Å². The molecule has 1 aromatic heterocycles. The van der Waals surface area contributed by atoms with E-state index in [1.165, 1.54) is 4.88 Å². The van der Waals surface area contributed by atoms with Gasteiger partial charge in [-0.15, -0.1) is 17.8 Å². The molecular formula is C10H14N2S. The zero-order chi connectivity index (χ0) is 9.68. The number of thiazole rings is 1. The van der Waals surface area contributed by atoms with Crippen molar-refractivity contribution in [1.29, 1.82) is 0 Å². The Labute approximate surface area is 83.4 Å². The van der Waals surface area contributed by atoms with Gasteiger partial charge in [-0.25, -0.2) is 0 Å². The third-order valence-corrected chi connectivity index (χ3v) is 2.90. The van der Waals surface area contributed by atoms with Crippen LogP contribution in [0.15, 0.2) is 11.7 Å². The molecule has 0 aliphatic rings. The van der Waals surface area contributed by atoms with Gasteiger partial charge in [0.25, 0.3) is 0 Å². The Morgan fingerprint density at radius 2 is 2.54 bits per heavy atom. The lowest BCUT2D eigenvalue weighted by molar-refractivity contribution is 0.517. The molecule has 2 atom stereocenters. The fourth-order valence-corrected chi connectivity index (χ4v) is 1.74. The van der Waals surface area contributed by atoms with Gasteiger partial charge in [0.2, 0.25) is 0 Å². The average molecular weight is 194 g/mol. The van der Waals surface area contributed by atoms with E-state index in [2.05, 4.69) is 30.1 Å². The quantitative estimate of drug-likeness (QED) is 0.743. The Balaban J connectivity index is 2.51. The largest absolute Gasteiger partial charge is 0.296 e. The molecule has 0 aliphatic carbocycles. The molecule has 0 bridgehead atoms. The lowest BCUT2D eigenvalue weighted by Crippen LogP contribution is -2.29. The predicted octanol–water partition coefficient (Wildman–Crippen LogP) is 2.21. The second kappa shape index (κ2) is 5.00. The summed E-state index contributed by atoms with van der Waals surface area (Å²) in [7, 11) is 0. The van der Waals surface area contributed by atoms with Crippen LogP contribution in [0.3, 0.4) is 0 Å². The number of nitrogens with zero attached hydrogens (tertiary/aromatic N) is 1. The van der Waals surface area contributed by atoms with E-state index in [1.807, 2.05) is 11.7 Å². The van der Waals surface area contributed by atoms with Gasteiger partial charge in [0.1, 0.15) is 0 Å². The number of aromatic nitrogens is 1.